The van der Waals surface area contributed by atoms with Gasteiger partial charge in [0.25, 0.3) is 5.91 Å². The van der Waals surface area contributed by atoms with Crippen molar-refractivity contribution < 1.29 is 14.1 Å². The molecule has 1 amide bonds. The Labute approximate surface area is 116 Å². The number of ether oxygens (including phenoxy) is 1. The number of benzene rings is 1. The van der Waals surface area contributed by atoms with Crippen molar-refractivity contribution >= 4 is 11.6 Å². The van der Waals surface area contributed by atoms with Crippen LogP contribution in [0, 0.1) is 6.92 Å². The Morgan fingerprint density at radius 1 is 1.45 bits per heavy atom. The van der Waals surface area contributed by atoms with Crippen LogP contribution in [0.15, 0.2) is 22.7 Å². The number of rotatable bonds is 2. The molecule has 2 aromatic rings. The molecule has 0 bridgehead atoms. The summed E-state index contributed by atoms with van der Waals surface area (Å²) in [5.74, 6) is 1.32. The first kappa shape index (κ1) is 12.7. The van der Waals surface area contributed by atoms with Gasteiger partial charge in [-0.25, -0.2) is 0 Å². The number of nitrogens with two attached hydrogens (primary N) is 1. The molecule has 0 saturated heterocycles. The maximum absolute atomic E-state index is 11.7. The second-order valence-corrected chi connectivity index (χ2v) is 4.69. The highest BCUT2D eigenvalue weighted by molar-refractivity contribution is 5.98. The second-order valence-electron chi connectivity index (χ2n) is 4.69. The molecular formula is C14H15N3O3. The van der Waals surface area contributed by atoms with E-state index in [9.17, 15) is 4.79 Å². The fourth-order valence-electron chi connectivity index (χ4n) is 2.28. The van der Waals surface area contributed by atoms with Crippen molar-refractivity contribution in [3.63, 3.8) is 0 Å². The highest BCUT2D eigenvalue weighted by Gasteiger charge is 2.23. The number of hydrogen-bond acceptors (Lipinski definition) is 5. The summed E-state index contributed by atoms with van der Waals surface area (Å²) >= 11 is 0. The molecule has 2 heterocycles. The van der Waals surface area contributed by atoms with Crippen LogP contribution in [0.1, 0.15) is 11.3 Å². The SMILES string of the molecule is Cc1onc(-c2ccc3c(c2)N(C)C(=O)CO3)c1CN. The summed E-state index contributed by atoms with van der Waals surface area (Å²) < 4.78 is 10.6. The third kappa shape index (κ3) is 1.85. The molecule has 6 nitrogen and oxygen atoms in total. The van der Waals surface area contributed by atoms with E-state index in [4.69, 9.17) is 15.0 Å². The van der Waals surface area contributed by atoms with E-state index in [1.807, 2.05) is 25.1 Å². The van der Waals surface area contributed by atoms with Gasteiger partial charge in [-0.05, 0) is 25.1 Å². The summed E-state index contributed by atoms with van der Waals surface area (Å²) in [7, 11) is 1.73. The third-order valence-corrected chi connectivity index (χ3v) is 3.51. The zero-order valence-corrected chi connectivity index (χ0v) is 11.3. The Kier molecular flexibility index (Phi) is 2.94. The Morgan fingerprint density at radius 3 is 3.00 bits per heavy atom. The van der Waals surface area contributed by atoms with E-state index in [2.05, 4.69) is 5.16 Å². The Balaban J connectivity index is 2.10. The van der Waals surface area contributed by atoms with Crippen molar-refractivity contribution in [1.82, 2.24) is 5.16 Å². The smallest absolute Gasteiger partial charge is 0.264 e. The number of hydrogen-bond donors (Lipinski definition) is 1. The standard InChI is InChI=1S/C14H15N3O3/c1-8-10(6-15)14(16-20-8)9-3-4-12-11(5-9)17(2)13(18)7-19-12/h3-5H,6-7,15H2,1-2H3. The van der Waals surface area contributed by atoms with Crippen LogP contribution in [-0.4, -0.2) is 24.7 Å². The monoisotopic (exact) mass is 273 g/mol. The van der Waals surface area contributed by atoms with Gasteiger partial charge in [-0.1, -0.05) is 5.16 Å². The molecular weight excluding hydrogens is 258 g/mol. The van der Waals surface area contributed by atoms with Crippen LogP contribution in [0.3, 0.4) is 0 Å². The van der Waals surface area contributed by atoms with Crippen LogP contribution >= 0.6 is 0 Å². The maximum Gasteiger partial charge on any atom is 0.264 e. The molecule has 1 aliphatic rings. The normalized spacial score (nSPS) is 14.2. The predicted octanol–water partition coefficient (Wildman–Crippen LogP) is 1.46. The van der Waals surface area contributed by atoms with Gasteiger partial charge in [0.15, 0.2) is 6.61 Å². The average Bonchev–Trinajstić information content (AvgIpc) is 2.83. The number of nitrogens with zero attached hydrogens (tertiary/aromatic N) is 2. The van der Waals surface area contributed by atoms with Crippen LogP contribution in [0.5, 0.6) is 5.75 Å². The molecule has 0 spiro atoms. The number of fused-ring (bicyclic) bond motifs is 1. The van der Waals surface area contributed by atoms with Gasteiger partial charge in [0.2, 0.25) is 0 Å². The molecule has 0 unspecified atom stereocenters. The van der Waals surface area contributed by atoms with Crippen LogP contribution in [0.2, 0.25) is 0 Å². The second kappa shape index (κ2) is 4.64. The van der Waals surface area contributed by atoms with Crippen LogP contribution in [-0.2, 0) is 11.3 Å². The first-order valence-corrected chi connectivity index (χ1v) is 6.31. The van der Waals surface area contributed by atoms with Crippen LogP contribution < -0.4 is 15.4 Å². The number of amides is 1. The fourth-order valence-corrected chi connectivity index (χ4v) is 2.28. The number of carbonyl (C=O) groups is 1. The Morgan fingerprint density at radius 2 is 2.25 bits per heavy atom. The summed E-state index contributed by atoms with van der Waals surface area (Å²) in [6, 6.07) is 5.58. The molecule has 1 aromatic carbocycles. The minimum absolute atomic E-state index is 0.0694. The summed E-state index contributed by atoms with van der Waals surface area (Å²) in [5.41, 5.74) is 8.89. The fraction of sp³-hybridized carbons (Fsp3) is 0.286. The topological polar surface area (TPSA) is 81.6 Å². The number of likely N-dealkylation sites (N-methyl/N-ethyl adjacent to an activating group) is 1. The van der Waals surface area contributed by atoms with Gasteiger partial charge in [0.05, 0.1) is 5.69 Å². The molecule has 0 fully saturated rings. The minimum atomic E-state index is -0.0787. The van der Waals surface area contributed by atoms with Gasteiger partial charge in [0.1, 0.15) is 17.2 Å². The molecule has 0 radical (unpaired) electrons. The lowest BCUT2D eigenvalue weighted by Gasteiger charge is -2.26. The van der Waals surface area contributed by atoms with Gasteiger partial charge < -0.3 is 19.9 Å². The number of aryl methyl sites for hydroxylation is 1. The van der Waals surface area contributed by atoms with Crippen molar-refractivity contribution in [3.8, 4) is 17.0 Å². The molecule has 104 valence electrons. The highest BCUT2D eigenvalue weighted by atomic mass is 16.5. The van der Waals surface area contributed by atoms with E-state index in [0.29, 0.717) is 23.7 Å². The van der Waals surface area contributed by atoms with E-state index in [0.717, 1.165) is 16.8 Å². The number of anilines is 1. The lowest BCUT2D eigenvalue weighted by Crippen LogP contribution is -2.35. The largest absolute Gasteiger partial charge is 0.482 e. The van der Waals surface area contributed by atoms with E-state index >= 15 is 0 Å². The molecule has 6 heteroatoms. The molecule has 1 aromatic heterocycles. The first-order valence-electron chi connectivity index (χ1n) is 6.31. The van der Waals surface area contributed by atoms with Gasteiger partial charge >= 0.3 is 0 Å². The summed E-state index contributed by atoms with van der Waals surface area (Å²) in [6.07, 6.45) is 0. The average molecular weight is 273 g/mol. The molecule has 2 N–H and O–H groups in total. The Hall–Kier alpha value is -2.34. The zero-order chi connectivity index (χ0) is 14.3. The van der Waals surface area contributed by atoms with Gasteiger partial charge in [-0.3, -0.25) is 4.79 Å². The van der Waals surface area contributed by atoms with Crippen molar-refractivity contribution in [2.24, 2.45) is 5.73 Å². The summed E-state index contributed by atoms with van der Waals surface area (Å²) in [5, 5.41) is 4.05. The van der Waals surface area contributed by atoms with E-state index in [-0.39, 0.29) is 12.5 Å². The lowest BCUT2D eigenvalue weighted by molar-refractivity contribution is -0.120. The maximum atomic E-state index is 11.7. The van der Waals surface area contributed by atoms with E-state index < -0.39 is 0 Å². The third-order valence-electron chi connectivity index (χ3n) is 3.51. The number of aromatic nitrogens is 1. The quantitative estimate of drug-likeness (QED) is 0.896. The van der Waals surface area contributed by atoms with E-state index in [1.54, 1.807) is 11.9 Å². The van der Waals surface area contributed by atoms with Gasteiger partial charge in [-0.2, -0.15) is 0 Å². The predicted molar refractivity (Wildman–Crippen MR) is 73.5 cm³/mol. The molecule has 1 aliphatic heterocycles. The highest BCUT2D eigenvalue weighted by Crippen LogP contribution is 2.36. The van der Waals surface area contributed by atoms with Gasteiger partial charge in [-0.15, -0.1) is 0 Å². The van der Waals surface area contributed by atoms with Crippen LogP contribution in [0.4, 0.5) is 5.69 Å². The Bertz CT molecular complexity index is 678. The molecule has 3 rings (SSSR count). The van der Waals surface area contributed by atoms with Crippen molar-refractivity contribution in [2.45, 2.75) is 13.5 Å². The molecule has 0 aliphatic carbocycles. The molecule has 0 atom stereocenters. The van der Waals surface area contributed by atoms with E-state index in [1.165, 1.54) is 0 Å². The van der Waals surface area contributed by atoms with Crippen molar-refractivity contribution in [2.75, 3.05) is 18.6 Å². The number of carbonyl (C=O) groups excluding carboxylic acids is 1. The minimum Gasteiger partial charge on any atom is -0.482 e. The van der Waals surface area contributed by atoms with Crippen LogP contribution in [0.25, 0.3) is 11.3 Å². The first-order chi connectivity index (χ1) is 9.61. The van der Waals surface area contributed by atoms with Crippen molar-refractivity contribution in [1.29, 1.82) is 0 Å². The lowest BCUT2D eigenvalue weighted by atomic mass is 10.0. The summed E-state index contributed by atoms with van der Waals surface area (Å²) in [6.45, 7) is 2.25. The molecule has 20 heavy (non-hydrogen) atoms. The summed E-state index contributed by atoms with van der Waals surface area (Å²) in [4.78, 5) is 13.3. The molecule has 0 saturated carbocycles. The zero-order valence-electron chi connectivity index (χ0n) is 11.3. The van der Waals surface area contributed by atoms with Gasteiger partial charge in [0, 0.05) is 24.7 Å². The van der Waals surface area contributed by atoms with Crippen molar-refractivity contribution in [3.05, 3.63) is 29.5 Å².